The number of halogens is 1. The van der Waals surface area contributed by atoms with Crippen molar-refractivity contribution < 1.29 is 9.59 Å². The van der Waals surface area contributed by atoms with Crippen LogP contribution in [0.5, 0.6) is 0 Å². The SMILES string of the molecule is N#Cc1ccc(NC(=O)C2CSCN2C(=O)c2ccc(I)cc2)cc1. The van der Waals surface area contributed by atoms with Crippen molar-refractivity contribution in [3.63, 3.8) is 0 Å². The quantitative estimate of drug-likeness (QED) is 0.710. The van der Waals surface area contributed by atoms with E-state index in [1.54, 1.807) is 53.1 Å². The Bertz CT molecular complexity index is 831. The third-order valence-corrected chi connectivity index (χ3v) is 5.55. The summed E-state index contributed by atoms with van der Waals surface area (Å²) in [7, 11) is 0. The third kappa shape index (κ3) is 4.14. The summed E-state index contributed by atoms with van der Waals surface area (Å²) in [6.07, 6.45) is 0. The summed E-state index contributed by atoms with van der Waals surface area (Å²) in [5, 5.41) is 11.6. The average molecular weight is 463 g/mol. The number of hydrogen-bond acceptors (Lipinski definition) is 4. The monoisotopic (exact) mass is 463 g/mol. The Hall–Kier alpha value is -2.05. The van der Waals surface area contributed by atoms with Gasteiger partial charge in [0.15, 0.2) is 0 Å². The summed E-state index contributed by atoms with van der Waals surface area (Å²) in [6.45, 7) is 0. The van der Waals surface area contributed by atoms with E-state index < -0.39 is 6.04 Å². The molecule has 25 heavy (non-hydrogen) atoms. The lowest BCUT2D eigenvalue weighted by atomic mass is 10.1. The Morgan fingerprint density at radius 1 is 1.16 bits per heavy atom. The average Bonchev–Trinajstić information content (AvgIpc) is 3.12. The standard InChI is InChI=1S/C18H14IN3O2S/c19-14-5-3-13(4-6-14)18(24)22-11-25-10-16(22)17(23)21-15-7-1-12(9-20)2-8-15/h1-8,16H,10-11H2,(H,21,23). The summed E-state index contributed by atoms with van der Waals surface area (Å²) in [6, 6.07) is 15.5. The highest BCUT2D eigenvalue weighted by Gasteiger charge is 2.35. The minimum absolute atomic E-state index is 0.138. The lowest BCUT2D eigenvalue weighted by molar-refractivity contribution is -0.119. The molecule has 2 amide bonds. The Labute approximate surface area is 163 Å². The number of hydrogen-bond donors (Lipinski definition) is 1. The van der Waals surface area contributed by atoms with E-state index in [2.05, 4.69) is 27.9 Å². The van der Waals surface area contributed by atoms with E-state index in [1.807, 2.05) is 18.2 Å². The fourth-order valence-corrected chi connectivity index (χ4v) is 3.99. The van der Waals surface area contributed by atoms with Crippen molar-refractivity contribution >= 4 is 51.9 Å². The highest BCUT2D eigenvalue weighted by Crippen LogP contribution is 2.24. The molecule has 7 heteroatoms. The van der Waals surface area contributed by atoms with E-state index in [9.17, 15) is 9.59 Å². The Morgan fingerprint density at radius 2 is 1.84 bits per heavy atom. The van der Waals surface area contributed by atoms with Gasteiger partial charge in [0.1, 0.15) is 6.04 Å². The molecule has 2 aromatic carbocycles. The van der Waals surface area contributed by atoms with Crippen LogP contribution >= 0.6 is 34.4 Å². The van der Waals surface area contributed by atoms with Crippen LogP contribution in [0.15, 0.2) is 48.5 Å². The van der Waals surface area contributed by atoms with Crippen molar-refractivity contribution in [3.05, 3.63) is 63.2 Å². The van der Waals surface area contributed by atoms with E-state index in [-0.39, 0.29) is 11.8 Å². The number of nitriles is 1. The summed E-state index contributed by atoms with van der Waals surface area (Å²) in [4.78, 5) is 26.9. The molecule has 0 bridgehead atoms. The van der Waals surface area contributed by atoms with Crippen molar-refractivity contribution in [1.82, 2.24) is 4.90 Å². The van der Waals surface area contributed by atoms with E-state index in [0.29, 0.717) is 28.4 Å². The molecule has 5 nitrogen and oxygen atoms in total. The first kappa shape index (κ1) is 17.8. The molecule has 0 spiro atoms. The van der Waals surface area contributed by atoms with Crippen molar-refractivity contribution in [3.8, 4) is 6.07 Å². The van der Waals surface area contributed by atoms with Crippen LogP contribution in [0.2, 0.25) is 0 Å². The van der Waals surface area contributed by atoms with Crippen LogP contribution in [-0.2, 0) is 4.79 Å². The van der Waals surface area contributed by atoms with Gasteiger partial charge in [0.05, 0.1) is 17.5 Å². The first-order chi connectivity index (χ1) is 12.1. The summed E-state index contributed by atoms with van der Waals surface area (Å²) >= 11 is 3.75. The van der Waals surface area contributed by atoms with Gasteiger partial charge in [0.2, 0.25) is 5.91 Å². The molecule has 1 aliphatic heterocycles. The van der Waals surface area contributed by atoms with Gasteiger partial charge in [-0.2, -0.15) is 5.26 Å². The first-order valence-electron chi connectivity index (χ1n) is 7.54. The molecule has 0 radical (unpaired) electrons. The number of amides is 2. The van der Waals surface area contributed by atoms with Gasteiger partial charge in [-0.15, -0.1) is 11.8 Å². The molecule has 1 saturated heterocycles. The zero-order chi connectivity index (χ0) is 17.8. The van der Waals surface area contributed by atoms with Crippen LogP contribution in [0.3, 0.4) is 0 Å². The summed E-state index contributed by atoms with van der Waals surface area (Å²) < 4.78 is 1.06. The number of thioether (sulfide) groups is 1. The lowest BCUT2D eigenvalue weighted by Gasteiger charge is -2.23. The van der Waals surface area contributed by atoms with Gasteiger partial charge in [0, 0.05) is 20.6 Å². The molecule has 1 atom stereocenters. The number of nitrogens with one attached hydrogen (secondary N) is 1. The fraction of sp³-hybridized carbons (Fsp3) is 0.167. The maximum atomic E-state index is 12.7. The molecule has 126 valence electrons. The third-order valence-electron chi connectivity index (χ3n) is 3.82. The number of carbonyl (C=O) groups is 2. The molecule has 2 aromatic rings. The predicted molar refractivity (Wildman–Crippen MR) is 106 cm³/mol. The molecule has 1 aliphatic rings. The molecule has 1 N–H and O–H groups in total. The summed E-state index contributed by atoms with van der Waals surface area (Å²) in [5.74, 6) is 0.712. The Kier molecular flexibility index (Phi) is 5.60. The molecule has 0 aliphatic carbocycles. The maximum Gasteiger partial charge on any atom is 0.255 e. The number of nitrogens with zero attached hydrogens (tertiary/aromatic N) is 2. The number of anilines is 1. The normalized spacial score (nSPS) is 16.3. The predicted octanol–water partition coefficient (Wildman–Crippen LogP) is 3.32. The zero-order valence-corrected chi connectivity index (χ0v) is 16.1. The van der Waals surface area contributed by atoms with Crippen LogP contribution in [0.25, 0.3) is 0 Å². The van der Waals surface area contributed by atoms with Crippen LogP contribution < -0.4 is 5.32 Å². The van der Waals surface area contributed by atoms with Crippen LogP contribution in [-0.4, -0.2) is 34.4 Å². The van der Waals surface area contributed by atoms with Crippen LogP contribution in [0.4, 0.5) is 5.69 Å². The minimum atomic E-state index is -0.507. The highest BCUT2D eigenvalue weighted by molar-refractivity contribution is 14.1. The fourth-order valence-electron chi connectivity index (χ4n) is 2.47. The van der Waals surface area contributed by atoms with Crippen molar-refractivity contribution in [2.75, 3.05) is 16.9 Å². The van der Waals surface area contributed by atoms with Gasteiger partial charge in [-0.3, -0.25) is 9.59 Å². The molecule has 0 aromatic heterocycles. The smallest absolute Gasteiger partial charge is 0.255 e. The summed E-state index contributed by atoms with van der Waals surface area (Å²) in [5.41, 5.74) is 1.73. The minimum Gasteiger partial charge on any atom is -0.324 e. The van der Waals surface area contributed by atoms with E-state index in [1.165, 1.54) is 0 Å². The highest BCUT2D eigenvalue weighted by atomic mass is 127. The number of benzene rings is 2. The van der Waals surface area contributed by atoms with Crippen molar-refractivity contribution in [1.29, 1.82) is 5.26 Å². The van der Waals surface area contributed by atoms with Gasteiger partial charge in [0.25, 0.3) is 5.91 Å². The maximum absolute atomic E-state index is 12.7. The molecule has 0 saturated carbocycles. The Balaban J connectivity index is 1.71. The van der Waals surface area contributed by atoms with E-state index >= 15 is 0 Å². The van der Waals surface area contributed by atoms with Gasteiger partial charge < -0.3 is 10.2 Å². The molecular formula is C18H14IN3O2S. The Morgan fingerprint density at radius 3 is 2.48 bits per heavy atom. The topological polar surface area (TPSA) is 73.2 Å². The van der Waals surface area contributed by atoms with Gasteiger partial charge in [-0.1, -0.05) is 0 Å². The van der Waals surface area contributed by atoms with Crippen LogP contribution in [0, 0.1) is 14.9 Å². The largest absolute Gasteiger partial charge is 0.324 e. The molecular weight excluding hydrogens is 449 g/mol. The second-order valence-electron chi connectivity index (χ2n) is 5.48. The van der Waals surface area contributed by atoms with Gasteiger partial charge in [-0.25, -0.2) is 0 Å². The second kappa shape index (κ2) is 7.89. The molecule has 1 fully saturated rings. The van der Waals surface area contributed by atoms with Crippen LogP contribution in [0.1, 0.15) is 15.9 Å². The molecule has 1 unspecified atom stereocenters. The molecule has 3 rings (SSSR count). The van der Waals surface area contributed by atoms with E-state index in [0.717, 1.165) is 3.57 Å². The van der Waals surface area contributed by atoms with Gasteiger partial charge >= 0.3 is 0 Å². The zero-order valence-electron chi connectivity index (χ0n) is 13.1. The second-order valence-corrected chi connectivity index (χ2v) is 7.72. The van der Waals surface area contributed by atoms with Crippen molar-refractivity contribution in [2.45, 2.75) is 6.04 Å². The number of carbonyl (C=O) groups excluding carboxylic acids is 2. The first-order valence-corrected chi connectivity index (χ1v) is 9.77. The van der Waals surface area contributed by atoms with Gasteiger partial charge in [-0.05, 0) is 71.1 Å². The number of rotatable bonds is 3. The molecule has 1 heterocycles. The van der Waals surface area contributed by atoms with Crippen molar-refractivity contribution in [2.24, 2.45) is 0 Å². The lowest BCUT2D eigenvalue weighted by Crippen LogP contribution is -2.44. The van der Waals surface area contributed by atoms with E-state index in [4.69, 9.17) is 5.26 Å².